The van der Waals surface area contributed by atoms with Crippen LogP contribution in [-0.4, -0.2) is 23.3 Å². The molecule has 0 fully saturated rings. The maximum atomic E-state index is 13.1. The number of primary amides is 1. The summed E-state index contributed by atoms with van der Waals surface area (Å²) in [6, 6.07) is 9.60. The molecule has 0 bridgehead atoms. The Morgan fingerprint density at radius 3 is 2.70 bits per heavy atom. The minimum atomic E-state index is -0.745. The van der Waals surface area contributed by atoms with Gasteiger partial charge in [0.15, 0.2) is 0 Å². The zero-order valence-corrected chi connectivity index (χ0v) is 14.1. The number of nitrogens with zero attached hydrogens (tertiary/aromatic N) is 1. The standard InChI is InChI=1S/C18H16FN3O5/c19-13-7-5-12(15(11-13)22(25)26)6-8-18(24)21-14-3-1-2-4-16(14)27-10-9-17(20)23/h1-8,11H,9-10H2,(H2,20,23)(H,21,24). The molecule has 0 aromatic heterocycles. The number of nitro benzene ring substituents is 1. The number of ether oxygens (including phenoxy) is 1. The number of nitrogens with two attached hydrogens (primary N) is 1. The highest BCUT2D eigenvalue weighted by Gasteiger charge is 2.13. The number of amides is 2. The number of halogens is 1. The fourth-order valence-corrected chi connectivity index (χ4v) is 2.11. The minimum Gasteiger partial charge on any atom is -0.491 e. The molecule has 2 aromatic carbocycles. The maximum Gasteiger partial charge on any atom is 0.279 e. The normalized spacial score (nSPS) is 10.6. The van der Waals surface area contributed by atoms with Gasteiger partial charge in [0, 0.05) is 6.08 Å². The summed E-state index contributed by atoms with van der Waals surface area (Å²) >= 11 is 0. The Morgan fingerprint density at radius 2 is 2.00 bits per heavy atom. The van der Waals surface area contributed by atoms with Crippen LogP contribution in [0.2, 0.25) is 0 Å². The summed E-state index contributed by atoms with van der Waals surface area (Å²) in [5.41, 5.74) is 5.03. The summed E-state index contributed by atoms with van der Waals surface area (Å²) < 4.78 is 18.5. The number of anilines is 1. The summed E-state index contributed by atoms with van der Waals surface area (Å²) in [6.07, 6.45) is 2.32. The second-order valence-electron chi connectivity index (χ2n) is 5.34. The van der Waals surface area contributed by atoms with Gasteiger partial charge in [0.1, 0.15) is 11.6 Å². The number of nitrogens with one attached hydrogen (secondary N) is 1. The number of benzene rings is 2. The van der Waals surface area contributed by atoms with Gasteiger partial charge in [-0.2, -0.15) is 0 Å². The fraction of sp³-hybridized carbons (Fsp3) is 0.111. The number of hydrogen-bond acceptors (Lipinski definition) is 5. The van der Waals surface area contributed by atoms with Gasteiger partial charge in [-0.1, -0.05) is 12.1 Å². The topological polar surface area (TPSA) is 125 Å². The first-order valence-electron chi connectivity index (χ1n) is 7.80. The number of carbonyl (C=O) groups is 2. The second-order valence-corrected chi connectivity index (χ2v) is 5.34. The molecule has 0 saturated carbocycles. The molecule has 2 aromatic rings. The lowest BCUT2D eigenvalue weighted by molar-refractivity contribution is -0.385. The minimum absolute atomic E-state index is 0.0242. The van der Waals surface area contributed by atoms with Crippen LogP contribution in [0.5, 0.6) is 5.75 Å². The SMILES string of the molecule is NC(=O)CCOc1ccccc1NC(=O)C=Cc1ccc(F)cc1[N+](=O)[O-]. The Labute approximate surface area is 153 Å². The van der Waals surface area contributed by atoms with Crippen LogP contribution in [0.25, 0.3) is 6.08 Å². The van der Waals surface area contributed by atoms with Crippen molar-refractivity contribution in [1.82, 2.24) is 0 Å². The summed E-state index contributed by atoms with van der Waals surface area (Å²) in [7, 11) is 0. The Hall–Kier alpha value is -3.75. The highest BCUT2D eigenvalue weighted by atomic mass is 19.1. The van der Waals surface area contributed by atoms with E-state index in [9.17, 15) is 24.1 Å². The molecular weight excluding hydrogens is 357 g/mol. The van der Waals surface area contributed by atoms with Gasteiger partial charge in [0.25, 0.3) is 5.69 Å². The molecule has 0 aliphatic rings. The predicted octanol–water partition coefficient (Wildman–Crippen LogP) is 2.64. The molecular formula is C18H16FN3O5. The average molecular weight is 373 g/mol. The van der Waals surface area contributed by atoms with Crippen LogP contribution in [0.4, 0.5) is 15.8 Å². The average Bonchev–Trinajstić information content (AvgIpc) is 2.61. The number of nitro groups is 1. The molecule has 3 N–H and O–H groups in total. The first-order valence-corrected chi connectivity index (χ1v) is 7.80. The molecule has 0 atom stereocenters. The third-order valence-electron chi connectivity index (χ3n) is 3.35. The van der Waals surface area contributed by atoms with Gasteiger partial charge < -0.3 is 15.8 Å². The van der Waals surface area contributed by atoms with E-state index in [4.69, 9.17) is 10.5 Å². The van der Waals surface area contributed by atoms with Crippen molar-refractivity contribution in [3.8, 4) is 5.75 Å². The number of rotatable bonds is 8. The van der Waals surface area contributed by atoms with Gasteiger partial charge in [-0.15, -0.1) is 0 Å². The highest BCUT2D eigenvalue weighted by Crippen LogP contribution is 2.24. The van der Waals surface area contributed by atoms with Crippen LogP contribution in [0.3, 0.4) is 0 Å². The summed E-state index contributed by atoms with van der Waals surface area (Å²) in [5, 5.41) is 13.5. The van der Waals surface area contributed by atoms with Gasteiger partial charge in [-0.3, -0.25) is 19.7 Å². The second kappa shape index (κ2) is 9.09. The van der Waals surface area contributed by atoms with E-state index < -0.39 is 28.2 Å². The molecule has 0 heterocycles. The fourth-order valence-electron chi connectivity index (χ4n) is 2.11. The third-order valence-corrected chi connectivity index (χ3v) is 3.35. The van der Waals surface area contributed by atoms with Crippen LogP contribution in [-0.2, 0) is 9.59 Å². The van der Waals surface area contributed by atoms with Crippen molar-refractivity contribution in [2.75, 3.05) is 11.9 Å². The van der Waals surface area contributed by atoms with E-state index in [0.29, 0.717) is 11.4 Å². The van der Waals surface area contributed by atoms with Crippen LogP contribution < -0.4 is 15.8 Å². The molecule has 0 unspecified atom stereocenters. The number of carbonyl (C=O) groups excluding carboxylic acids is 2. The van der Waals surface area contributed by atoms with Crippen molar-refractivity contribution in [2.24, 2.45) is 5.73 Å². The Kier molecular flexibility index (Phi) is 6.59. The van der Waals surface area contributed by atoms with E-state index in [2.05, 4.69) is 5.32 Å². The zero-order chi connectivity index (χ0) is 19.8. The lowest BCUT2D eigenvalue weighted by Crippen LogP contribution is -2.15. The quantitative estimate of drug-likeness (QED) is 0.418. The first kappa shape index (κ1) is 19.6. The zero-order valence-electron chi connectivity index (χ0n) is 14.1. The van der Waals surface area contributed by atoms with Crippen molar-refractivity contribution in [1.29, 1.82) is 0 Å². The molecule has 0 saturated heterocycles. The highest BCUT2D eigenvalue weighted by molar-refractivity contribution is 6.03. The van der Waals surface area contributed by atoms with Crippen molar-refractivity contribution in [3.05, 3.63) is 70.0 Å². The third kappa shape index (κ3) is 5.92. The number of hydrogen-bond donors (Lipinski definition) is 2. The Bertz CT molecular complexity index is 898. The van der Waals surface area contributed by atoms with Crippen molar-refractivity contribution >= 4 is 29.3 Å². The van der Waals surface area contributed by atoms with Gasteiger partial charge in [0.05, 0.1) is 35.3 Å². The van der Waals surface area contributed by atoms with Crippen LogP contribution in [0.15, 0.2) is 48.5 Å². The molecule has 140 valence electrons. The summed E-state index contributed by atoms with van der Waals surface area (Å²) in [5.74, 6) is -1.49. The van der Waals surface area contributed by atoms with Gasteiger partial charge in [-0.25, -0.2) is 4.39 Å². The maximum absolute atomic E-state index is 13.1. The van der Waals surface area contributed by atoms with Crippen molar-refractivity contribution < 1.29 is 23.6 Å². The lowest BCUT2D eigenvalue weighted by Gasteiger charge is -2.10. The van der Waals surface area contributed by atoms with Crippen LogP contribution >= 0.6 is 0 Å². The molecule has 0 aliphatic heterocycles. The van der Waals surface area contributed by atoms with E-state index in [0.717, 1.165) is 18.2 Å². The van der Waals surface area contributed by atoms with Gasteiger partial charge >= 0.3 is 0 Å². The predicted molar refractivity (Wildman–Crippen MR) is 96.5 cm³/mol. The largest absolute Gasteiger partial charge is 0.491 e. The molecule has 2 rings (SSSR count). The summed E-state index contributed by atoms with van der Waals surface area (Å²) in [4.78, 5) is 33.1. The van der Waals surface area contributed by atoms with E-state index in [-0.39, 0.29) is 18.6 Å². The van der Waals surface area contributed by atoms with E-state index in [1.165, 1.54) is 12.1 Å². The van der Waals surface area contributed by atoms with Gasteiger partial charge in [0.2, 0.25) is 11.8 Å². The molecule has 8 nitrogen and oxygen atoms in total. The molecule has 9 heteroatoms. The molecule has 27 heavy (non-hydrogen) atoms. The smallest absolute Gasteiger partial charge is 0.279 e. The van der Waals surface area contributed by atoms with Gasteiger partial charge in [-0.05, 0) is 30.3 Å². The van der Waals surface area contributed by atoms with E-state index in [1.54, 1.807) is 24.3 Å². The molecule has 0 spiro atoms. The van der Waals surface area contributed by atoms with Crippen molar-refractivity contribution in [2.45, 2.75) is 6.42 Å². The molecule has 0 aliphatic carbocycles. The van der Waals surface area contributed by atoms with Crippen molar-refractivity contribution in [3.63, 3.8) is 0 Å². The van der Waals surface area contributed by atoms with E-state index >= 15 is 0 Å². The monoisotopic (exact) mass is 373 g/mol. The van der Waals surface area contributed by atoms with Crippen LogP contribution in [0, 0.1) is 15.9 Å². The Balaban J connectivity index is 2.09. The van der Waals surface area contributed by atoms with Crippen LogP contribution in [0.1, 0.15) is 12.0 Å². The Morgan fingerprint density at radius 1 is 1.26 bits per heavy atom. The molecule has 2 amide bonds. The summed E-state index contributed by atoms with van der Waals surface area (Å²) in [6.45, 7) is 0.0554. The lowest BCUT2D eigenvalue weighted by atomic mass is 10.1. The molecule has 0 radical (unpaired) electrons. The number of para-hydroxylation sites is 2. The van der Waals surface area contributed by atoms with E-state index in [1.807, 2.05) is 0 Å². The first-order chi connectivity index (χ1) is 12.9.